The van der Waals surface area contributed by atoms with Crippen molar-refractivity contribution in [2.24, 2.45) is 0 Å². The van der Waals surface area contributed by atoms with E-state index in [1.807, 2.05) is 0 Å². The third-order valence-electron chi connectivity index (χ3n) is 3.45. The standard InChI is InChI=1S/C12H14N6O3/c19-18(20)11-3-1-10(2-4-11)17-12(13-14-15-17)9-16-5-7-21-8-6-16/h1-4H,5-9H2/p+1. The molecule has 0 aliphatic carbocycles. The van der Waals surface area contributed by atoms with Crippen LogP contribution in [0.15, 0.2) is 24.3 Å². The summed E-state index contributed by atoms with van der Waals surface area (Å²) in [5.74, 6) is 0.737. The summed E-state index contributed by atoms with van der Waals surface area (Å²) < 4.78 is 6.94. The summed E-state index contributed by atoms with van der Waals surface area (Å²) in [6.45, 7) is 4.04. The van der Waals surface area contributed by atoms with Crippen LogP contribution in [0.3, 0.4) is 0 Å². The van der Waals surface area contributed by atoms with Crippen LogP contribution < -0.4 is 4.90 Å². The minimum Gasteiger partial charge on any atom is -0.370 e. The zero-order valence-electron chi connectivity index (χ0n) is 11.3. The van der Waals surface area contributed by atoms with Crippen molar-refractivity contribution >= 4 is 5.69 Å². The SMILES string of the molecule is O=[N+]([O-])c1ccc(-n2nnnc2C[NH+]2CCOCC2)cc1. The maximum atomic E-state index is 10.7. The van der Waals surface area contributed by atoms with Crippen LogP contribution in [0.1, 0.15) is 5.82 Å². The summed E-state index contributed by atoms with van der Waals surface area (Å²) in [7, 11) is 0. The molecule has 1 aliphatic rings. The van der Waals surface area contributed by atoms with Crippen LogP contribution in [0.25, 0.3) is 5.69 Å². The second kappa shape index (κ2) is 5.94. The molecule has 3 rings (SSSR count). The predicted molar refractivity (Wildman–Crippen MR) is 71.0 cm³/mol. The molecule has 9 nitrogen and oxygen atoms in total. The van der Waals surface area contributed by atoms with Gasteiger partial charge in [-0.05, 0) is 22.6 Å². The molecule has 1 aliphatic heterocycles. The monoisotopic (exact) mass is 291 g/mol. The first-order valence-electron chi connectivity index (χ1n) is 6.67. The molecule has 1 aromatic carbocycles. The predicted octanol–water partition coefficient (Wildman–Crippen LogP) is -1.01. The van der Waals surface area contributed by atoms with Gasteiger partial charge in [-0.15, -0.1) is 5.10 Å². The molecule has 1 N–H and O–H groups in total. The normalized spacial score (nSPS) is 16.0. The van der Waals surface area contributed by atoms with E-state index in [9.17, 15) is 10.1 Å². The van der Waals surface area contributed by atoms with E-state index in [4.69, 9.17) is 4.74 Å². The largest absolute Gasteiger partial charge is 0.370 e. The Kier molecular flexibility index (Phi) is 3.84. The number of rotatable bonds is 4. The third kappa shape index (κ3) is 3.03. The molecule has 0 bridgehead atoms. The highest BCUT2D eigenvalue weighted by Gasteiger charge is 2.19. The highest BCUT2D eigenvalue weighted by molar-refractivity contribution is 5.40. The van der Waals surface area contributed by atoms with Crippen molar-refractivity contribution in [2.45, 2.75) is 6.54 Å². The number of nitrogens with one attached hydrogen (secondary N) is 1. The van der Waals surface area contributed by atoms with Gasteiger partial charge >= 0.3 is 0 Å². The summed E-state index contributed by atoms with van der Waals surface area (Å²) in [6.07, 6.45) is 0. The molecular weight excluding hydrogens is 276 g/mol. The number of nitrogens with zero attached hydrogens (tertiary/aromatic N) is 5. The van der Waals surface area contributed by atoms with Gasteiger partial charge in [0.05, 0.1) is 23.8 Å². The molecule has 2 aromatic rings. The van der Waals surface area contributed by atoms with Crippen LogP contribution in [-0.4, -0.2) is 51.4 Å². The van der Waals surface area contributed by atoms with E-state index in [2.05, 4.69) is 15.5 Å². The Morgan fingerprint density at radius 3 is 2.67 bits per heavy atom. The van der Waals surface area contributed by atoms with Crippen molar-refractivity contribution in [3.63, 3.8) is 0 Å². The molecule has 0 unspecified atom stereocenters. The zero-order valence-corrected chi connectivity index (χ0v) is 11.3. The highest BCUT2D eigenvalue weighted by Crippen LogP contribution is 2.14. The van der Waals surface area contributed by atoms with E-state index in [1.54, 1.807) is 16.8 Å². The lowest BCUT2D eigenvalue weighted by atomic mass is 10.3. The number of hydrogen-bond acceptors (Lipinski definition) is 6. The van der Waals surface area contributed by atoms with Gasteiger partial charge in [0.2, 0.25) is 5.82 Å². The summed E-state index contributed by atoms with van der Waals surface area (Å²) in [4.78, 5) is 11.6. The fourth-order valence-corrected chi connectivity index (χ4v) is 2.29. The van der Waals surface area contributed by atoms with Crippen molar-refractivity contribution < 1.29 is 14.6 Å². The number of nitro groups is 1. The van der Waals surface area contributed by atoms with E-state index in [1.165, 1.54) is 17.0 Å². The molecule has 0 atom stereocenters. The molecule has 1 saturated heterocycles. The fourth-order valence-electron chi connectivity index (χ4n) is 2.29. The molecule has 0 spiro atoms. The van der Waals surface area contributed by atoms with Gasteiger partial charge in [-0.1, -0.05) is 0 Å². The van der Waals surface area contributed by atoms with Gasteiger partial charge in [0.25, 0.3) is 5.69 Å². The van der Waals surface area contributed by atoms with Gasteiger partial charge in [-0.2, -0.15) is 4.68 Å². The van der Waals surface area contributed by atoms with Crippen LogP contribution in [0.2, 0.25) is 0 Å². The van der Waals surface area contributed by atoms with E-state index in [-0.39, 0.29) is 5.69 Å². The Morgan fingerprint density at radius 1 is 1.29 bits per heavy atom. The average molecular weight is 291 g/mol. The number of aromatic nitrogens is 4. The summed E-state index contributed by atoms with van der Waals surface area (Å²) >= 11 is 0. The quantitative estimate of drug-likeness (QED) is 0.572. The second-order valence-corrected chi connectivity index (χ2v) is 4.82. The van der Waals surface area contributed by atoms with Crippen LogP contribution in [0.5, 0.6) is 0 Å². The molecule has 1 fully saturated rings. The Bertz CT molecular complexity index is 620. The Hall–Kier alpha value is -2.39. The summed E-state index contributed by atoms with van der Waals surface area (Å²) in [5.41, 5.74) is 0.764. The Morgan fingerprint density at radius 2 is 2.00 bits per heavy atom. The first-order chi connectivity index (χ1) is 10.2. The van der Waals surface area contributed by atoms with Crippen molar-refractivity contribution in [3.05, 3.63) is 40.2 Å². The molecule has 2 heterocycles. The van der Waals surface area contributed by atoms with E-state index >= 15 is 0 Å². The van der Waals surface area contributed by atoms with Gasteiger partial charge in [0.1, 0.15) is 19.6 Å². The van der Waals surface area contributed by atoms with Crippen LogP contribution in [-0.2, 0) is 11.3 Å². The fraction of sp³-hybridized carbons (Fsp3) is 0.417. The van der Waals surface area contributed by atoms with Gasteiger partial charge in [0.15, 0.2) is 0 Å². The molecule has 0 amide bonds. The minimum atomic E-state index is -0.428. The zero-order chi connectivity index (χ0) is 14.7. The van der Waals surface area contributed by atoms with Crippen molar-refractivity contribution in [1.29, 1.82) is 0 Å². The van der Waals surface area contributed by atoms with E-state index in [0.717, 1.165) is 32.1 Å². The number of benzene rings is 1. The number of nitro benzene ring substituents is 1. The third-order valence-corrected chi connectivity index (χ3v) is 3.45. The van der Waals surface area contributed by atoms with Gasteiger partial charge in [0, 0.05) is 12.1 Å². The first kappa shape index (κ1) is 13.6. The van der Waals surface area contributed by atoms with Crippen LogP contribution >= 0.6 is 0 Å². The lowest BCUT2D eigenvalue weighted by molar-refractivity contribution is -0.922. The summed E-state index contributed by atoms with van der Waals surface area (Å²) in [5, 5.41) is 22.4. The molecule has 9 heteroatoms. The number of ether oxygens (including phenoxy) is 1. The molecule has 21 heavy (non-hydrogen) atoms. The van der Waals surface area contributed by atoms with Crippen molar-refractivity contribution in [3.8, 4) is 5.69 Å². The molecular formula is C12H15N6O3+. The number of tetrazole rings is 1. The number of quaternary nitrogens is 1. The lowest BCUT2D eigenvalue weighted by Gasteiger charge is -2.22. The van der Waals surface area contributed by atoms with Gasteiger partial charge in [-0.25, -0.2) is 0 Å². The Balaban J connectivity index is 1.79. The summed E-state index contributed by atoms with van der Waals surface area (Å²) in [6, 6.07) is 6.18. The maximum absolute atomic E-state index is 10.7. The average Bonchev–Trinajstić information content (AvgIpc) is 2.96. The molecule has 1 aromatic heterocycles. The maximum Gasteiger partial charge on any atom is 0.269 e. The van der Waals surface area contributed by atoms with E-state index < -0.39 is 4.92 Å². The van der Waals surface area contributed by atoms with Gasteiger partial charge < -0.3 is 9.64 Å². The van der Waals surface area contributed by atoms with Crippen molar-refractivity contribution in [2.75, 3.05) is 26.3 Å². The topological polar surface area (TPSA) is 100 Å². The number of non-ortho nitro benzene ring substituents is 1. The number of morpholine rings is 1. The Labute approximate surface area is 120 Å². The molecule has 0 radical (unpaired) electrons. The molecule has 110 valence electrons. The minimum absolute atomic E-state index is 0.0483. The highest BCUT2D eigenvalue weighted by atomic mass is 16.6. The lowest BCUT2D eigenvalue weighted by Crippen LogP contribution is -3.12. The van der Waals surface area contributed by atoms with Crippen molar-refractivity contribution in [1.82, 2.24) is 20.2 Å². The first-order valence-corrected chi connectivity index (χ1v) is 6.67. The van der Waals surface area contributed by atoms with Crippen LogP contribution in [0.4, 0.5) is 5.69 Å². The van der Waals surface area contributed by atoms with Crippen LogP contribution in [0, 0.1) is 10.1 Å². The number of hydrogen-bond donors (Lipinski definition) is 1. The van der Waals surface area contributed by atoms with E-state index in [0.29, 0.717) is 12.2 Å². The molecule has 0 saturated carbocycles. The second-order valence-electron chi connectivity index (χ2n) is 4.82. The van der Waals surface area contributed by atoms with Gasteiger partial charge in [-0.3, -0.25) is 10.1 Å². The smallest absolute Gasteiger partial charge is 0.269 e.